The van der Waals surface area contributed by atoms with E-state index in [9.17, 15) is 0 Å². The number of rotatable bonds is 5. The number of benzene rings is 12. The van der Waals surface area contributed by atoms with Gasteiger partial charge in [0.15, 0.2) is 0 Å². The molecule has 0 saturated heterocycles. The van der Waals surface area contributed by atoms with Crippen molar-refractivity contribution in [1.82, 2.24) is 4.57 Å². The third kappa shape index (κ3) is 5.41. The van der Waals surface area contributed by atoms with E-state index in [1.54, 1.807) is 0 Å². The Kier molecular flexibility index (Phi) is 8.37. The summed E-state index contributed by atoms with van der Waals surface area (Å²) in [5.74, 6) is 0. The molecule has 0 N–H and O–H groups in total. The zero-order chi connectivity index (χ0) is 43.3. The molecule has 1 nitrogen and oxygen atoms in total. The fourth-order valence-corrected chi connectivity index (χ4v) is 13.8. The number of fused-ring (bicyclic) bond motifs is 10. The normalized spacial score (nSPS) is 11.9. The molecule has 0 saturated carbocycles. The summed E-state index contributed by atoms with van der Waals surface area (Å²) in [7, 11) is 0. The summed E-state index contributed by atoms with van der Waals surface area (Å²) in [5, 5.41) is 15.5. The van der Waals surface area contributed by atoms with Gasteiger partial charge in [-0.25, -0.2) is 0 Å². The van der Waals surface area contributed by atoms with Crippen LogP contribution in [0.15, 0.2) is 237 Å². The second-order valence-corrected chi connectivity index (χ2v) is 19.7. The van der Waals surface area contributed by atoms with Crippen LogP contribution in [0.3, 0.4) is 0 Å². The van der Waals surface area contributed by atoms with Crippen LogP contribution in [0.2, 0.25) is 0 Å². The van der Waals surface area contributed by atoms with Gasteiger partial charge >= 0.3 is 354 Å². The first-order chi connectivity index (χ1) is 32.8. The first kappa shape index (κ1) is 37.4. The van der Waals surface area contributed by atoms with Gasteiger partial charge in [0, 0.05) is 0 Å². The van der Waals surface area contributed by atoms with E-state index >= 15 is 0 Å². The van der Waals surface area contributed by atoms with Gasteiger partial charge in [0.25, 0.3) is 0 Å². The summed E-state index contributed by atoms with van der Waals surface area (Å²) in [6.07, 6.45) is 0. The third-order valence-electron chi connectivity index (χ3n) is 14.0. The Bertz CT molecular complexity index is 4160. The van der Waals surface area contributed by atoms with E-state index in [1.165, 1.54) is 134 Å². The van der Waals surface area contributed by atoms with E-state index in [4.69, 9.17) is 0 Å². The fraction of sp³-hybridized carbons (Fsp3) is 0. The van der Waals surface area contributed by atoms with E-state index in [1.807, 2.05) is 0 Å². The van der Waals surface area contributed by atoms with Crippen molar-refractivity contribution in [3.8, 4) is 50.2 Å². The van der Waals surface area contributed by atoms with Gasteiger partial charge in [0.1, 0.15) is 0 Å². The van der Waals surface area contributed by atoms with Crippen molar-refractivity contribution in [3.05, 3.63) is 237 Å². The van der Waals surface area contributed by atoms with Crippen LogP contribution in [-0.2, 0) is 0 Å². The van der Waals surface area contributed by atoms with Crippen molar-refractivity contribution in [2.75, 3.05) is 0 Å². The Morgan fingerprint density at radius 2 is 0.591 bits per heavy atom. The SMILES string of the molecule is c1ccc(-c2c3ccccc3c(-c3cccc4[se]c5cccc(-c6c7ccccc7c(-c7cccc8c7c7ccccc7n8-c7ccccc7)c7ccccc67)c5c34)c3ccccc23)cc1. The average Bonchev–Trinajstić information content (AvgIpc) is 3.94. The van der Waals surface area contributed by atoms with Gasteiger partial charge in [0.05, 0.1) is 0 Å². The quantitative estimate of drug-likeness (QED) is 0.120. The van der Waals surface area contributed by atoms with Gasteiger partial charge in [-0.2, -0.15) is 0 Å². The van der Waals surface area contributed by atoms with Crippen molar-refractivity contribution < 1.29 is 0 Å². The summed E-state index contributed by atoms with van der Waals surface area (Å²) in [6.45, 7) is 0. The van der Waals surface area contributed by atoms with E-state index in [-0.39, 0.29) is 14.5 Å². The Balaban J connectivity index is 1.09. The summed E-state index contributed by atoms with van der Waals surface area (Å²) in [6, 6.07) is 88.1. The second kappa shape index (κ2) is 14.8. The molecule has 66 heavy (non-hydrogen) atoms. The second-order valence-electron chi connectivity index (χ2n) is 17.4. The Hall–Kier alpha value is -8.00. The summed E-state index contributed by atoms with van der Waals surface area (Å²) >= 11 is 0.139. The summed E-state index contributed by atoms with van der Waals surface area (Å²) in [4.78, 5) is 0. The fourth-order valence-electron chi connectivity index (χ4n) is 11.4. The molecule has 2 heterocycles. The van der Waals surface area contributed by atoms with Crippen LogP contribution in [0, 0.1) is 0 Å². The summed E-state index contributed by atoms with van der Waals surface area (Å²) < 4.78 is 5.31. The van der Waals surface area contributed by atoms with Crippen LogP contribution in [0.25, 0.3) is 134 Å². The molecule has 0 unspecified atom stereocenters. The summed E-state index contributed by atoms with van der Waals surface area (Å²) in [5.41, 5.74) is 13.9. The predicted octanol–water partition coefficient (Wildman–Crippen LogP) is 17.4. The molecule has 14 aromatic rings. The molecular weight excluding hydrogens is 862 g/mol. The molecule has 0 spiro atoms. The van der Waals surface area contributed by atoms with E-state index in [2.05, 4.69) is 241 Å². The Morgan fingerprint density at radius 3 is 1.06 bits per heavy atom. The molecule has 0 aliphatic heterocycles. The minimum absolute atomic E-state index is 0.139. The zero-order valence-corrected chi connectivity index (χ0v) is 37.6. The number of hydrogen-bond acceptors (Lipinski definition) is 0. The van der Waals surface area contributed by atoms with Gasteiger partial charge < -0.3 is 0 Å². The minimum atomic E-state index is 0.139. The van der Waals surface area contributed by atoms with Crippen LogP contribution >= 0.6 is 0 Å². The van der Waals surface area contributed by atoms with Crippen LogP contribution in [0.4, 0.5) is 0 Å². The molecule has 2 heteroatoms. The first-order valence-corrected chi connectivity index (χ1v) is 24.5. The van der Waals surface area contributed by atoms with Gasteiger partial charge in [-0.1, -0.05) is 24.3 Å². The molecule has 0 fully saturated rings. The third-order valence-corrected chi connectivity index (χ3v) is 16.3. The van der Waals surface area contributed by atoms with Gasteiger partial charge in [-0.05, 0) is 12.1 Å². The maximum atomic E-state index is 2.43. The Morgan fingerprint density at radius 1 is 0.242 bits per heavy atom. The molecule has 0 aliphatic rings. The molecule has 0 radical (unpaired) electrons. The molecule has 0 aliphatic carbocycles. The number of aromatic nitrogens is 1. The predicted molar refractivity (Wildman–Crippen MR) is 285 cm³/mol. The van der Waals surface area contributed by atoms with Crippen molar-refractivity contribution in [2.45, 2.75) is 0 Å². The van der Waals surface area contributed by atoms with Gasteiger partial charge in [-0.15, -0.1) is 0 Å². The number of para-hydroxylation sites is 2. The van der Waals surface area contributed by atoms with Crippen LogP contribution < -0.4 is 0 Å². The van der Waals surface area contributed by atoms with Crippen molar-refractivity contribution >= 4 is 98.7 Å². The van der Waals surface area contributed by atoms with Crippen LogP contribution in [-0.4, -0.2) is 19.1 Å². The molecule has 0 amide bonds. The van der Waals surface area contributed by atoms with Crippen molar-refractivity contribution in [3.63, 3.8) is 0 Å². The van der Waals surface area contributed by atoms with E-state index in [0.717, 1.165) is 0 Å². The van der Waals surface area contributed by atoms with E-state index in [0.29, 0.717) is 0 Å². The van der Waals surface area contributed by atoms with Gasteiger partial charge in [0.2, 0.25) is 0 Å². The average molecular weight is 901 g/mol. The maximum absolute atomic E-state index is 2.43. The van der Waals surface area contributed by atoms with Crippen LogP contribution in [0.1, 0.15) is 0 Å². The van der Waals surface area contributed by atoms with Crippen molar-refractivity contribution in [2.24, 2.45) is 0 Å². The molecular formula is C64H39NSe. The molecule has 12 aromatic carbocycles. The van der Waals surface area contributed by atoms with Crippen LogP contribution in [0.5, 0.6) is 0 Å². The van der Waals surface area contributed by atoms with Gasteiger partial charge in [-0.3, -0.25) is 0 Å². The molecule has 306 valence electrons. The van der Waals surface area contributed by atoms with E-state index < -0.39 is 0 Å². The molecule has 2 aromatic heterocycles. The molecule has 0 bridgehead atoms. The zero-order valence-electron chi connectivity index (χ0n) is 35.9. The van der Waals surface area contributed by atoms with Crippen molar-refractivity contribution in [1.29, 1.82) is 0 Å². The topological polar surface area (TPSA) is 4.93 Å². The molecule has 0 atom stereocenters. The monoisotopic (exact) mass is 901 g/mol. The standard InChI is InChI=1S/C64H39NSe/c1-3-20-40(21-4-1)58-42-24-7-9-26-44(42)60(45-27-10-8-25-43(45)58)52-34-18-38-56-63(52)64-53(35-19-39-57(64)66-56)61-48-30-13-11-28-46(48)59(47-29-12-14-31-49(47)61)51-33-17-37-55-62(51)50-32-15-16-36-54(50)65(55)41-22-5-2-6-23-41/h1-39H. The number of nitrogens with zero attached hydrogens (tertiary/aromatic N) is 1. The Labute approximate surface area is 387 Å². The first-order valence-electron chi connectivity index (χ1n) is 22.8. The number of hydrogen-bond donors (Lipinski definition) is 0. The molecule has 14 rings (SSSR count).